The van der Waals surface area contributed by atoms with Crippen LogP contribution in [0.5, 0.6) is 0 Å². The molecule has 0 bridgehead atoms. The largest absolute Gasteiger partial charge is 0.378 e. The molecule has 1 aromatic heterocycles. The molecule has 17 heavy (non-hydrogen) atoms. The molecular weight excluding hydrogens is 212 g/mol. The van der Waals surface area contributed by atoms with E-state index in [0.717, 1.165) is 17.2 Å². The molecule has 0 aliphatic rings. The Hall–Kier alpha value is -2.07. The molecule has 4 heteroatoms. The smallest absolute Gasteiger partial charge is 0.147 e. The third kappa shape index (κ3) is 2.54. The molecule has 0 radical (unpaired) electrons. The molecule has 0 atom stereocenters. The van der Waals surface area contributed by atoms with Crippen molar-refractivity contribution in [2.45, 2.75) is 0 Å². The van der Waals surface area contributed by atoms with Gasteiger partial charge in [-0.05, 0) is 36.4 Å². The van der Waals surface area contributed by atoms with Gasteiger partial charge < -0.3 is 4.90 Å². The molecule has 4 nitrogen and oxygen atoms in total. The lowest BCUT2D eigenvalue weighted by atomic mass is 10.2. The summed E-state index contributed by atoms with van der Waals surface area (Å²) in [6.45, 7) is 0. The molecule has 2 aromatic rings. The number of hydrogen-bond acceptors (Lipinski definition) is 4. The van der Waals surface area contributed by atoms with E-state index in [1.165, 1.54) is 0 Å². The fraction of sp³-hybridized carbons (Fsp3) is 0.154. The van der Waals surface area contributed by atoms with E-state index in [2.05, 4.69) is 4.98 Å². The predicted octanol–water partition coefficient (Wildman–Crippen LogP) is 2.16. The minimum atomic E-state index is 0.727. The molecule has 0 saturated carbocycles. The van der Waals surface area contributed by atoms with Gasteiger partial charge in [-0.1, -0.05) is 6.07 Å². The van der Waals surface area contributed by atoms with Gasteiger partial charge in [0.1, 0.15) is 5.82 Å². The maximum absolute atomic E-state index is 6.00. The Morgan fingerprint density at radius 1 is 0.941 bits per heavy atom. The second-order valence-electron chi connectivity index (χ2n) is 3.97. The molecule has 0 saturated heterocycles. The van der Waals surface area contributed by atoms with Crippen LogP contribution in [-0.2, 0) is 0 Å². The van der Waals surface area contributed by atoms with Crippen molar-refractivity contribution in [2.24, 2.45) is 5.84 Å². The number of nitrogens with zero attached hydrogens (tertiary/aromatic N) is 3. The van der Waals surface area contributed by atoms with Gasteiger partial charge >= 0.3 is 0 Å². The SMILES string of the molecule is CN(C)c1ccc(N(N)c2ccccn2)cc1. The van der Waals surface area contributed by atoms with Gasteiger partial charge in [0.15, 0.2) is 0 Å². The summed E-state index contributed by atoms with van der Waals surface area (Å²) < 4.78 is 0. The van der Waals surface area contributed by atoms with E-state index in [4.69, 9.17) is 5.84 Å². The van der Waals surface area contributed by atoms with Crippen molar-refractivity contribution in [3.05, 3.63) is 48.7 Å². The van der Waals surface area contributed by atoms with Crippen LogP contribution in [0, 0.1) is 0 Å². The number of benzene rings is 1. The number of hydrogen-bond donors (Lipinski definition) is 1. The minimum absolute atomic E-state index is 0.727. The number of anilines is 3. The predicted molar refractivity (Wildman–Crippen MR) is 71.3 cm³/mol. The van der Waals surface area contributed by atoms with Gasteiger partial charge in [0, 0.05) is 26.0 Å². The van der Waals surface area contributed by atoms with E-state index < -0.39 is 0 Å². The second-order valence-corrected chi connectivity index (χ2v) is 3.97. The maximum atomic E-state index is 6.00. The first-order valence-corrected chi connectivity index (χ1v) is 5.42. The lowest BCUT2D eigenvalue weighted by Crippen LogP contribution is -2.25. The van der Waals surface area contributed by atoms with Gasteiger partial charge in [0.2, 0.25) is 0 Å². The van der Waals surface area contributed by atoms with Gasteiger partial charge in [-0.3, -0.25) is 5.01 Å². The third-order valence-electron chi connectivity index (χ3n) is 2.54. The van der Waals surface area contributed by atoms with E-state index in [0.29, 0.717) is 0 Å². The number of aromatic nitrogens is 1. The number of rotatable bonds is 3. The van der Waals surface area contributed by atoms with Crippen LogP contribution in [0.2, 0.25) is 0 Å². The van der Waals surface area contributed by atoms with Crippen molar-refractivity contribution in [1.82, 2.24) is 4.98 Å². The summed E-state index contributed by atoms with van der Waals surface area (Å²) in [7, 11) is 4.02. The molecule has 88 valence electrons. The Morgan fingerprint density at radius 3 is 2.12 bits per heavy atom. The minimum Gasteiger partial charge on any atom is -0.378 e. The Morgan fingerprint density at radius 2 is 1.59 bits per heavy atom. The summed E-state index contributed by atoms with van der Waals surface area (Å²) in [5.74, 6) is 6.73. The summed E-state index contributed by atoms with van der Waals surface area (Å²) >= 11 is 0. The van der Waals surface area contributed by atoms with Gasteiger partial charge in [0.25, 0.3) is 0 Å². The molecule has 2 N–H and O–H groups in total. The number of pyridine rings is 1. The Bertz CT molecular complexity index is 465. The number of hydrazine groups is 1. The molecule has 2 rings (SSSR count). The quantitative estimate of drug-likeness (QED) is 0.646. The average molecular weight is 228 g/mol. The first-order valence-electron chi connectivity index (χ1n) is 5.42. The van der Waals surface area contributed by atoms with Crippen molar-refractivity contribution in [3.8, 4) is 0 Å². The second kappa shape index (κ2) is 4.84. The van der Waals surface area contributed by atoms with Crippen LogP contribution in [0.25, 0.3) is 0 Å². The zero-order valence-electron chi connectivity index (χ0n) is 10.0. The van der Waals surface area contributed by atoms with Crippen LogP contribution >= 0.6 is 0 Å². The zero-order chi connectivity index (χ0) is 12.3. The zero-order valence-corrected chi connectivity index (χ0v) is 10.0. The maximum Gasteiger partial charge on any atom is 0.147 e. The van der Waals surface area contributed by atoms with Crippen molar-refractivity contribution in [3.63, 3.8) is 0 Å². The first kappa shape index (κ1) is 11.4. The summed E-state index contributed by atoms with van der Waals surface area (Å²) in [5.41, 5.74) is 2.05. The average Bonchev–Trinajstić information content (AvgIpc) is 2.39. The normalized spacial score (nSPS) is 10.1. The van der Waals surface area contributed by atoms with Crippen LogP contribution < -0.4 is 15.8 Å². The summed E-state index contributed by atoms with van der Waals surface area (Å²) in [5, 5.41) is 1.57. The molecule has 1 heterocycles. The van der Waals surface area contributed by atoms with Crippen LogP contribution in [-0.4, -0.2) is 19.1 Å². The van der Waals surface area contributed by atoms with Crippen molar-refractivity contribution in [1.29, 1.82) is 0 Å². The Labute approximate surface area is 101 Å². The van der Waals surface area contributed by atoms with Crippen molar-refractivity contribution >= 4 is 17.2 Å². The van der Waals surface area contributed by atoms with Gasteiger partial charge in [-0.25, -0.2) is 10.8 Å². The molecule has 0 aliphatic carbocycles. The highest BCUT2D eigenvalue weighted by atomic mass is 15.4. The van der Waals surface area contributed by atoms with Crippen LogP contribution in [0.4, 0.5) is 17.2 Å². The van der Waals surface area contributed by atoms with E-state index in [-0.39, 0.29) is 0 Å². The van der Waals surface area contributed by atoms with E-state index in [1.807, 2.05) is 61.5 Å². The Balaban J connectivity index is 2.23. The molecule has 0 unspecified atom stereocenters. The molecular formula is C13H16N4. The topological polar surface area (TPSA) is 45.4 Å². The summed E-state index contributed by atoms with van der Waals surface area (Å²) in [6, 6.07) is 13.7. The van der Waals surface area contributed by atoms with Gasteiger partial charge in [-0.2, -0.15) is 0 Å². The van der Waals surface area contributed by atoms with E-state index in [9.17, 15) is 0 Å². The third-order valence-corrected chi connectivity index (χ3v) is 2.54. The molecule has 0 aliphatic heterocycles. The highest BCUT2D eigenvalue weighted by Crippen LogP contribution is 2.22. The van der Waals surface area contributed by atoms with E-state index >= 15 is 0 Å². The molecule has 0 spiro atoms. The lowest BCUT2D eigenvalue weighted by molar-refractivity contribution is 1.03. The molecule has 1 aromatic carbocycles. The van der Waals surface area contributed by atoms with Gasteiger partial charge in [-0.15, -0.1) is 0 Å². The Kier molecular flexibility index (Phi) is 3.25. The van der Waals surface area contributed by atoms with Crippen molar-refractivity contribution in [2.75, 3.05) is 24.0 Å². The van der Waals surface area contributed by atoms with Crippen LogP contribution in [0.3, 0.4) is 0 Å². The highest BCUT2D eigenvalue weighted by molar-refractivity contribution is 5.61. The van der Waals surface area contributed by atoms with Gasteiger partial charge in [0.05, 0.1) is 5.69 Å². The standard InChI is InChI=1S/C13H16N4/c1-16(2)11-6-8-12(9-7-11)17(14)13-5-3-4-10-15-13/h3-10H,14H2,1-2H3. The first-order chi connectivity index (χ1) is 8.18. The summed E-state index contributed by atoms with van der Waals surface area (Å²) in [4.78, 5) is 6.25. The fourth-order valence-corrected chi connectivity index (χ4v) is 1.54. The van der Waals surface area contributed by atoms with Crippen LogP contribution in [0.1, 0.15) is 0 Å². The summed E-state index contributed by atoms with van der Waals surface area (Å²) in [6.07, 6.45) is 1.73. The molecule has 0 fully saturated rings. The van der Waals surface area contributed by atoms with Crippen LogP contribution in [0.15, 0.2) is 48.7 Å². The monoisotopic (exact) mass is 228 g/mol. The fourth-order valence-electron chi connectivity index (χ4n) is 1.54. The van der Waals surface area contributed by atoms with E-state index in [1.54, 1.807) is 11.2 Å². The number of nitrogens with two attached hydrogens (primary N) is 1. The lowest BCUT2D eigenvalue weighted by Gasteiger charge is -2.19. The highest BCUT2D eigenvalue weighted by Gasteiger charge is 2.05. The molecule has 0 amide bonds. The van der Waals surface area contributed by atoms with Crippen molar-refractivity contribution < 1.29 is 0 Å².